The van der Waals surface area contributed by atoms with E-state index in [0.29, 0.717) is 6.61 Å². The summed E-state index contributed by atoms with van der Waals surface area (Å²) in [5.41, 5.74) is 8.65. The van der Waals surface area contributed by atoms with E-state index in [4.69, 9.17) is 15.9 Å². The number of nitrogens with zero attached hydrogens (tertiary/aromatic N) is 2. The van der Waals surface area contributed by atoms with Crippen LogP contribution in [0.25, 0.3) is 0 Å². The quantitative estimate of drug-likeness (QED) is 0.624. The molecule has 0 heterocycles. The molecule has 2 amide bonds. The van der Waals surface area contributed by atoms with Gasteiger partial charge in [0.1, 0.15) is 0 Å². The third-order valence-electron chi connectivity index (χ3n) is 3.63. The summed E-state index contributed by atoms with van der Waals surface area (Å²) < 4.78 is 4.98. The fourth-order valence-corrected chi connectivity index (χ4v) is 2.42. The lowest BCUT2D eigenvalue weighted by Gasteiger charge is -2.29. The predicted octanol–water partition coefficient (Wildman–Crippen LogP) is 2.21. The molecular formula is C16H26N4O2. The molecule has 6 heteroatoms. The number of para-hydroxylation sites is 1. The number of ether oxygens (including phenoxy) is 1. The van der Waals surface area contributed by atoms with Crippen LogP contribution >= 0.6 is 0 Å². The van der Waals surface area contributed by atoms with Crippen LogP contribution in [0.1, 0.15) is 25.0 Å². The van der Waals surface area contributed by atoms with E-state index in [9.17, 15) is 4.79 Å². The number of guanidine groups is 1. The zero-order valence-corrected chi connectivity index (χ0v) is 13.8. The normalized spacial score (nSPS) is 10.4. The number of nitrogens with one attached hydrogen (secondary N) is 1. The van der Waals surface area contributed by atoms with Gasteiger partial charge in [0.2, 0.25) is 0 Å². The molecule has 0 aromatic heterocycles. The standard InChI is InChI=1S/C16H26N4O2/c1-5-12-8-7-9-13(6-2)14(12)19(3)16(21)20(15(17)18)10-11-22-4/h7-9H,5-6,10-11H2,1-4H3,(H3,17,18). The topological polar surface area (TPSA) is 82.7 Å². The van der Waals surface area contributed by atoms with Gasteiger partial charge in [-0.15, -0.1) is 0 Å². The molecule has 0 spiro atoms. The smallest absolute Gasteiger partial charge is 0.331 e. The van der Waals surface area contributed by atoms with Crippen LogP contribution in [0.5, 0.6) is 0 Å². The molecule has 0 radical (unpaired) electrons. The monoisotopic (exact) mass is 306 g/mol. The van der Waals surface area contributed by atoms with Crippen molar-refractivity contribution in [2.75, 3.05) is 32.2 Å². The molecule has 0 fully saturated rings. The van der Waals surface area contributed by atoms with Crippen LogP contribution in [0.15, 0.2) is 18.2 Å². The van der Waals surface area contributed by atoms with Gasteiger partial charge in [0.25, 0.3) is 0 Å². The summed E-state index contributed by atoms with van der Waals surface area (Å²) in [7, 11) is 3.27. The van der Waals surface area contributed by atoms with Gasteiger partial charge in [-0.05, 0) is 24.0 Å². The Morgan fingerprint density at radius 3 is 2.23 bits per heavy atom. The van der Waals surface area contributed by atoms with Crippen molar-refractivity contribution < 1.29 is 9.53 Å². The van der Waals surface area contributed by atoms with Crippen LogP contribution < -0.4 is 10.6 Å². The SMILES string of the molecule is CCc1cccc(CC)c1N(C)C(=O)N(CCOC)C(=N)N. The van der Waals surface area contributed by atoms with Gasteiger partial charge in [-0.25, -0.2) is 4.79 Å². The fourth-order valence-electron chi connectivity index (χ4n) is 2.42. The molecular weight excluding hydrogens is 280 g/mol. The van der Waals surface area contributed by atoms with E-state index < -0.39 is 0 Å². The highest BCUT2D eigenvalue weighted by Gasteiger charge is 2.24. The Morgan fingerprint density at radius 1 is 1.27 bits per heavy atom. The molecule has 1 aromatic carbocycles. The van der Waals surface area contributed by atoms with E-state index >= 15 is 0 Å². The summed E-state index contributed by atoms with van der Waals surface area (Å²) in [5.74, 6) is -0.277. The van der Waals surface area contributed by atoms with Crippen molar-refractivity contribution in [1.82, 2.24) is 4.90 Å². The second-order valence-electron chi connectivity index (χ2n) is 5.00. The summed E-state index contributed by atoms with van der Waals surface area (Å²) in [6.45, 7) is 4.70. The Balaban J connectivity index is 3.15. The van der Waals surface area contributed by atoms with Crippen LogP contribution in [0.3, 0.4) is 0 Å². The summed E-state index contributed by atoms with van der Waals surface area (Å²) in [6.07, 6.45) is 1.66. The van der Waals surface area contributed by atoms with Crippen LogP contribution in [0.4, 0.5) is 10.5 Å². The number of hydrogen-bond donors (Lipinski definition) is 2. The first kappa shape index (κ1) is 18.0. The van der Waals surface area contributed by atoms with Gasteiger partial charge in [0.05, 0.1) is 18.8 Å². The highest BCUT2D eigenvalue weighted by atomic mass is 16.5. The molecule has 1 rings (SSSR count). The van der Waals surface area contributed by atoms with Gasteiger partial charge in [-0.2, -0.15) is 0 Å². The molecule has 0 unspecified atom stereocenters. The number of aryl methyl sites for hydroxylation is 2. The Bertz CT molecular complexity index is 509. The van der Waals surface area contributed by atoms with Crippen molar-refractivity contribution in [3.8, 4) is 0 Å². The lowest BCUT2D eigenvalue weighted by Crippen LogP contribution is -2.49. The number of nitrogens with two attached hydrogens (primary N) is 1. The van der Waals surface area contributed by atoms with Gasteiger partial charge < -0.3 is 10.5 Å². The van der Waals surface area contributed by atoms with E-state index in [2.05, 4.69) is 13.8 Å². The molecule has 0 bridgehead atoms. The van der Waals surface area contributed by atoms with Gasteiger partial charge in [-0.3, -0.25) is 15.2 Å². The zero-order valence-electron chi connectivity index (χ0n) is 13.8. The van der Waals surface area contributed by atoms with E-state index in [1.807, 2.05) is 18.2 Å². The average molecular weight is 306 g/mol. The van der Waals surface area contributed by atoms with Gasteiger partial charge >= 0.3 is 6.03 Å². The van der Waals surface area contributed by atoms with Crippen LogP contribution in [-0.4, -0.2) is 44.2 Å². The highest BCUT2D eigenvalue weighted by molar-refractivity contribution is 6.02. The lowest BCUT2D eigenvalue weighted by atomic mass is 10.0. The Morgan fingerprint density at radius 2 is 1.82 bits per heavy atom. The largest absolute Gasteiger partial charge is 0.383 e. The number of amides is 2. The third-order valence-corrected chi connectivity index (χ3v) is 3.63. The molecule has 1 aromatic rings. The van der Waals surface area contributed by atoms with E-state index in [0.717, 1.165) is 29.7 Å². The van der Waals surface area contributed by atoms with Gasteiger partial charge in [-0.1, -0.05) is 32.0 Å². The number of methoxy groups -OCH3 is 1. The number of carbonyl (C=O) groups is 1. The molecule has 0 atom stereocenters. The Labute approximate surface area is 132 Å². The maximum Gasteiger partial charge on any atom is 0.331 e. The van der Waals surface area contributed by atoms with Crippen molar-refractivity contribution in [2.45, 2.75) is 26.7 Å². The minimum atomic E-state index is -0.319. The molecule has 3 N–H and O–H groups in total. The summed E-state index contributed by atoms with van der Waals surface area (Å²) in [5, 5.41) is 7.61. The molecule has 0 aliphatic heterocycles. The third kappa shape index (κ3) is 3.98. The molecule has 0 aliphatic carbocycles. The van der Waals surface area contributed by atoms with E-state index in [1.54, 1.807) is 19.1 Å². The summed E-state index contributed by atoms with van der Waals surface area (Å²) in [4.78, 5) is 15.5. The summed E-state index contributed by atoms with van der Waals surface area (Å²) >= 11 is 0. The number of anilines is 1. The molecule has 0 saturated heterocycles. The average Bonchev–Trinajstić information content (AvgIpc) is 2.53. The number of benzene rings is 1. The van der Waals surface area contributed by atoms with Crippen molar-refractivity contribution >= 4 is 17.7 Å². The van der Waals surface area contributed by atoms with E-state index in [1.165, 1.54) is 4.90 Å². The number of hydrogen-bond acceptors (Lipinski definition) is 3. The Hall–Kier alpha value is -2.08. The molecule has 6 nitrogen and oxygen atoms in total. The van der Waals surface area contributed by atoms with Crippen molar-refractivity contribution in [1.29, 1.82) is 5.41 Å². The zero-order chi connectivity index (χ0) is 16.7. The predicted molar refractivity (Wildman–Crippen MR) is 89.5 cm³/mol. The molecule has 0 aliphatic rings. The number of urea groups is 1. The van der Waals surface area contributed by atoms with Crippen molar-refractivity contribution in [3.05, 3.63) is 29.3 Å². The van der Waals surface area contributed by atoms with Crippen molar-refractivity contribution in [3.63, 3.8) is 0 Å². The minimum Gasteiger partial charge on any atom is -0.383 e. The van der Waals surface area contributed by atoms with Gasteiger partial charge in [0.15, 0.2) is 5.96 Å². The van der Waals surface area contributed by atoms with Crippen LogP contribution in [-0.2, 0) is 17.6 Å². The lowest BCUT2D eigenvalue weighted by molar-refractivity contribution is 0.174. The van der Waals surface area contributed by atoms with Gasteiger partial charge in [0, 0.05) is 14.2 Å². The molecule has 22 heavy (non-hydrogen) atoms. The summed E-state index contributed by atoms with van der Waals surface area (Å²) in [6, 6.07) is 5.73. The van der Waals surface area contributed by atoms with E-state index in [-0.39, 0.29) is 18.5 Å². The second kappa shape index (κ2) is 8.38. The molecule has 122 valence electrons. The van der Waals surface area contributed by atoms with Crippen LogP contribution in [0.2, 0.25) is 0 Å². The maximum absolute atomic E-state index is 12.7. The number of carbonyl (C=O) groups excluding carboxylic acids is 1. The van der Waals surface area contributed by atoms with Crippen molar-refractivity contribution in [2.24, 2.45) is 5.73 Å². The fraction of sp³-hybridized carbons (Fsp3) is 0.500. The highest BCUT2D eigenvalue weighted by Crippen LogP contribution is 2.26. The first-order chi connectivity index (χ1) is 10.5. The van der Waals surface area contributed by atoms with Crippen LogP contribution in [0, 0.1) is 5.41 Å². The maximum atomic E-state index is 12.7. The first-order valence-electron chi connectivity index (χ1n) is 7.46. The molecule has 0 saturated carbocycles. The number of rotatable bonds is 6. The Kier molecular flexibility index (Phi) is 6.85. The first-order valence-corrected chi connectivity index (χ1v) is 7.46. The minimum absolute atomic E-state index is 0.255. The second-order valence-corrected chi connectivity index (χ2v) is 5.00.